The molecule has 1 rings (SSSR count). The molecule has 1 aromatic rings. The van der Waals surface area contributed by atoms with Gasteiger partial charge in [-0.2, -0.15) is 0 Å². The van der Waals surface area contributed by atoms with Crippen LogP contribution in [0.1, 0.15) is 10.4 Å². The molecule has 0 saturated carbocycles. The summed E-state index contributed by atoms with van der Waals surface area (Å²) < 4.78 is 0. The molecule has 0 unspecified atom stereocenters. The molecule has 0 saturated heterocycles. The number of rotatable bonds is 1. The predicted molar refractivity (Wildman–Crippen MR) is 49.2 cm³/mol. The molecular formula is C7H4Cl2NaO2. The van der Waals surface area contributed by atoms with Gasteiger partial charge in [0.2, 0.25) is 0 Å². The third-order valence-electron chi connectivity index (χ3n) is 1.16. The van der Waals surface area contributed by atoms with Gasteiger partial charge in [-0.05, 0) is 18.2 Å². The van der Waals surface area contributed by atoms with Crippen molar-refractivity contribution in [1.82, 2.24) is 0 Å². The molecule has 0 heterocycles. The van der Waals surface area contributed by atoms with Crippen LogP contribution in [0.15, 0.2) is 18.2 Å². The molecule has 59 valence electrons. The summed E-state index contributed by atoms with van der Waals surface area (Å²) in [5.74, 6) is -1.07. The Morgan fingerprint density at radius 3 is 2.33 bits per heavy atom. The van der Waals surface area contributed by atoms with Crippen molar-refractivity contribution in [2.75, 3.05) is 0 Å². The smallest absolute Gasteiger partial charge is 0.337 e. The Bertz CT molecular complexity index is 301. The number of benzene rings is 1. The average molecular weight is 214 g/mol. The molecule has 12 heavy (non-hydrogen) atoms. The van der Waals surface area contributed by atoms with Crippen LogP contribution in [0, 0.1) is 0 Å². The van der Waals surface area contributed by atoms with Crippen molar-refractivity contribution in [1.29, 1.82) is 0 Å². The fourth-order valence-corrected chi connectivity index (χ4v) is 1.03. The van der Waals surface area contributed by atoms with Crippen molar-refractivity contribution < 1.29 is 9.90 Å². The van der Waals surface area contributed by atoms with E-state index in [2.05, 4.69) is 0 Å². The van der Waals surface area contributed by atoms with E-state index in [1.54, 1.807) is 0 Å². The number of carboxylic acid groups (broad SMARTS) is 1. The van der Waals surface area contributed by atoms with E-state index in [0.29, 0.717) is 5.02 Å². The quantitative estimate of drug-likeness (QED) is 0.728. The molecular weight excluding hydrogens is 210 g/mol. The van der Waals surface area contributed by atoms with Crippen LogP contribution < -0.4 is 0 Å². The Labute approximate surface area is 102 Å². The van der Waals surface area contributed by atoms with Crippen LogP contribution in [-0.2, 0) is 0 Å². The van der Waals surface area contributed by atoms with Gasteiger partial charge in [0, 0.05) is 34.6 Å². The molecule has 0 spiro atoms. The van der Waals surface area contributed by atoms with E-state index in [1.165, 1.54) is 18.2 Å². The Hall–Kier alpha value is 0.270. The Kier molecular flexibility index (Phi) is 5.21. The van der Waals surface area contributed by atoms with Crippen LogP contribution in [-0.4, -0.2) is 40.6 Å². The molecule has 5 heteroatoms. The summed E-state index contributed by atoms with van der Waals surface area (Å²) in [5.41, 5.74) is 0.0270. The first kappa shape index (κ1) is 12.3. The Morgan fingerprint density at radius 1 is 1.33 bits per heavy atom. The first-order valence-corrected chi connectivity index (χ1v) is 3.55. The summed E-state index contributed by atoms with van der Waals surface area (Å²) in [6.45, 7) is 0. The molecule has 0 bridgehead atoms. The van der Waals surface area contributed by atoms with Crippen LogP contribution in [0.25, 0.3) is 0 Å². The number of aromatic carboxylic acids is 1. The van der Waals surface area contributed by atoms with Gasteiger partial charge in [-0.3, -0.25) is 0 Å². The maximum Gasteiger partial charge on any atom is 0.337 e. The third kappa shape index (κ3) is 2.96. The van der Waals surface area contributed by atoms with Gasteiger partial charge in [0.05, 0.1) is 10.6 Å². The molecule has 1 radical (unpaired) electrons. The van der Waals surface area contributed by atoms with Crippen LogP contribution in [0.4, 0.5) is 0 Å². The summed E-state index contributed by atoms with van der Waals surface area (Å²) in [5, 5.41) is 9.11. The molecule has 0 aliphatic rings. The van der Waals surface area contributed by atoms with Crippen LogP contribution >= 0.6 is 23.2 Å². The van der Waals surface area contributed by atoms with Gasteiger partial charge in [0.25, 0.3) is 0 Å². The average Bonchev–Trinajstić information content (AvgIpc) is 1.94. The minimum atomic E-state index is -1.07. The first-order valence-electron chi connectivity index (χ1n) is 2.79. The standard InChI is InChI=1S/C7H4Cl2O2.Na/c8-4-1-2-6(9)5(3-4)7(10)11;/h1-3H,(H,10,11);. The van der Waals surface area contributed by atoms with Gasteiger partial charge in [0.15, 0.2) is 0 Å². The summed E-state index contributed by atoms with van der Waals surface area (Å²) in [7, 11) is 0. The number of carboxylic acids is 1. The summed E-state index contributed by atoms with van der Waals surface area (Å²) in [6.07, 6.45) is 0. The molecule has 0 aromatic heterocycles. The maximum atomic E-state index is 10.4. The van der Waals surface area contributed by atoms with Crippen molar-refractivity contribution in [2.24, 2.45) is 0 Å². The van der Waals surface area contributed by atoms with Gasteiger partial charge in [0.1, 0.15) is 0 Å². The van der Waals surface area contributed by atoms with Gasteiger partial charge in [-0.15, -0.1) is 0 Å². The first-order chi connectivity index (χ1) is 5.11. The van der Waals surface area contributed by atoms with Crippen molar-refractivity contribution in [3.63, 3.8) is 0 Å². The zero-order valence-electron chi connectivity index (χ0n) is 6.34. The van der Waals surface area contributed by atoms with Gasteiger partial charge >= 0.3 is 5.97 Å². The second kappa shape index (κ2) is 5.10. The third-order valence-corrected chi connectivity index (χ3v) is 1.72. The molecule has 1 N–H and O–H groups in total. The van der Waals surface area contributed by atoms with Crippen molar-refractivity contribution in [3.8, 4) is 0 Å². The van der Waals surface area contributed by atoms with E-state index in [-0.39, 0.29) is 40.1 Å². The molecule has 1 aromatic carbocycles. The van der Waals surface area contributed by atoms with Gasteiger partial charge in [-0.25, -0.2) is 4.79 Å². The monoisotopic (exact) mass is 213 g/mol. The van der Waals surface area contributed by atoms with Crippen LogP contribution in [0.3, 0.4) is 0 Å². The molecule has 0 atom stereocenters. The van der Waals surface area contributed by atoms with E-state index in [1.807, 2.05) is 0 Å². The second-order valence-electron chi connectivity index (χ2n) is 1.93. The van der Waals surface area contributed by atoms with E-state index in [9.17, 15) is 4.79 Å². The van der Waals surface area contributed by atoms with Crippen molar-refractivity contribution in [3.05, 3.63) is 33.8 Å². The zero-order chi connectivity index (χ0) is 8.43. The molecule has 2 nitrogen and oxygen atoms in total. The van der Waals surface area contributed by atoms with E-state index in [4.69, 9.17) is 28.3 Å². The normalized spacial score (nSPS) is 8.83. The topological polar surface area (TPSA) is 37.3 Å². The second-order valence-corrected chi connectivity index (χ2v) is 2.77. The molecule has 0 aliphatic heterocycles. The summed E-state index contributed by atoms with van der Waals surface area (Å²) in [6, 6.07) is 4.30. The van der Waals surface area contributed by atoms with Gasteiger partial charge in [-0.1, -0.05) is 23.2 Å². The van der Waals surface area contributed by atoms with E-state index < -0.39 is 5.97 Å². The number of hydrogen-bond donors (Lipinski definition) is 1. The van der Waals surface area contributed by atoms with Crippen LogP contribution in [0.5, 0.6) is 0 Å². The number of halogens is 2. The molecule has 0 amide bonds. The maximum absolute atomic E-state index is 10.4. The van der Waals surface area contributed by atoms with Crippen molar-refractivity contribution >= 4 is 58.7 Å². The minimum absolute atomic E-state index is 0. The Balaban J connectivity index is 0.00000121. The Morgan fingerprint density at radius 2 is 1.92 bits per heavy atom. The molecule has 0 aliphatic carbocycles. The minimum Gasteiger partial charge on any atom is -0.478 e. The molecule has 0 fully saturated rings. The summed E-state index contributed by atoms with van der Waals surface area (Å²) in [4.78, 5) is 10.4. The fourth-order valence-electron chi connectivity index (χ4n) is 0.661. The van der Waals surface area contributed by atoms with Crippen molar-refractivity contribution in [2.45, 2.75) is 0 Å². The van der Waals surface area contributed by atoms with E-state index >= 15 is 0 Å². The SMILES string of the molecule is O=C(O)c1cc(Cl)ccc1Cl.[Na]. The summed E-state index contributed by atoms with van der Waals surface area (Å²) >= 11 is 11.1. The number of carbonyl (C=O) groups is 1. The van der Waals surface area contributed by atoms with Crippen LogP contribution in [0.2, 0.25) is 10.0 Å². The fraction of sp³-hybridized carbons (Fsp3) is 0. The number of hydrogen-bond acceptors (Lipinski definition) is 1. The largest absolute Gasteiger partial charge is 0.478 e. The zero-order valence-corrected chi connectivity index (χ0v) is 9.86. The van der Waals surface area contributed by atoms with E-state index in [0.717, 1.165) is 0 Å². The van der Waals surface area contributed by atoms with Gasteiger partial charge < -0.3 is 5.11 Å². The predicted octanol–water partition coefficient (Wildman–Crippen LogP) is 2.31.